The Hall–Kier alpha value is -4.88. The Kier molecular flexibility index (Phi) is 10.4. The largest absolute Gasteiger partial charge is 0.455 e. The molecule has 5 aromatic carbocycles. The van der Waals surface area contributed by atoms with Crippen LogP contribution >= 0.6 is 0 Å². The molecule has 1 aliphatic rings. The summed E-state index contributed by atoms with van der Waals surface area (Å²) in [4.78, 5) is 0.684. The quantitative estimate of drug-likeness (QED) is 0.0943. The fourth-order valence-electron chi connectivity index (χ4n) is 6.54. The second-order valence-electron chi connectivity index (χ2n) is 13.1. The van der Waals surface area contributed by atoms with Crippen LogP contribution in [-0.4, -0.2) is 40.0 Å². The Morgan fingerprint density at radius 3 is 2.04 bits per heavy atom. The summed E-state index contributed by atoms with van der Waals surface area (Å²) in [6.07, 6.45) is 5.05. The maximum atomic E-state index is 12.9. The van der Waals surface area contributed by atoms with Crippen LogP contribution in [0.4, 0.5) is 17.1 Å². The summed E-state index contributed by atoms with van der Waals surface area (Å²) in [5.74, 6) is 0.986. The fraction of sp³-hybridized carbons (Fsp3) is 0.250. The zero-order valence-electron chi connectivity index (χ0n) is 29.5. The van der Waals surface area contributed by atoms with E-state index in [1.807, 2.05) is 79.7 Å². The Bertz CT molecular complexity index is 2570. The molecule has 0 amide bonds. The van der Waals surface area contributed by atoms with Crippen LogP contribution in [0, 0.1) is 0 Å². The van der Waals surface area contributed by atoms with Gasteiger partial charge in [-0.25, -0.2) is 0 Å². The lowest BCUT2D eigenvalue weighted by molar-refractivity contribution is 0.468. The van der Waals surface area contributed by atoms with E-state index >= 15 is 0 Å². The van der Waals surface area contributed by atoms with Crippen molar-refractivity contribution in [2.75, 3.05) is 19.0 Å². The van der Waals surface area contributed by atoms with Gasteiger partial charge in [-0.1, -0.05) is 45.4 Å². The Labute approximate surface area is 304 Å². The Morgan fingerprint density at radius 2 is 1.38 bits per heavy atom. The number of hydrogen-bond donors (Lipinski definition) is 2. The van der Waals surface area contributed by atoms with E-state index in [9.17, 15) is 25.9 Å². The Morgan fingerprint density at radius 1 is 0.731 bits per heavy atom. The highest BCUT2D eigenvalue weighted by atomic mass is 32.2. The minimum absolute atomic E-state index is 0.0606. The van der Waals surface area contributed by atoms with E-state index in [1.165, 1.54) is 6.07 Å². The third-order valence-corrected chi connectivity index (χ3v) is 11.1. The number of nitrogens with zero attached hydrogens (tertiary/aromatic N) is 3. The molecule has 0 aromatic heterocycles. The summed E-state index contributed by atoms with van der Waals surface area (Å²) in [5, 5.41) is 11.9. The lowest BCUT2D eigenvalue weighted by atomic mass is 9.87. The number of fused-ring (bicyclic) bond motifs is 4. The molecule has 270 valence electrons. The molecule has 0 bridgehead atoms. The molecule has 0 unspecified atom stereocenters. The molecule has 12 heteroatoms. The van der Waals surface area contributed by atoms with Gasteiger partial charge in [0, 0.05) is 52.7 Å². The first kappa shape index (κ1) is 36.9. The molecule has 0 saturated heterocycles. The molecule has 1 aliphatic heterocycles. The molecule has 10 nitrogen and oxygen atoms in total. The highest BCUT2D eigenvalue weighted by molar-refractivity contribution is 7.86. The molecular formula is C40H41N3O7S2. The van der Waals surface area contributed by atoms with Crippen molar-refractivity contribution < 1.29 is 30.7 Å². The monoisotopic (exact) mass is 739 g/mol. The van der Waals surface area contributed by atoms with Crippen LogP contribution in [0.1, 0.15) is 61.8 Å². The second kappa shape index (κ2) is 14.6. The smallest absolute Gasteiger partial charge is 0.295 e. The van der Waals surface area contributed by atoms with Gasteiger partial charge in [0.05, 0.1) is 16.3 Å². The van der Waals surface area contributed by atoms with Gasteiger partial charge >= 0.3 is 0 Å². The van der Waals surface area contributed by atoms with Gasteiger partial charge in [0.25, 0.3) is 20.2 Å². The van der Waals surface area contributed by atoms with Gasteiger partial charge in [-0.05, 0) is 109 Å². The standard InChI is InChI=1S/C40H41N3O7S2/c1-6-8-10-26-23-36-38(34-21-18-31(51(44,45)46)24-37(34)52(47,48)49)35-19-12-27-22-29(42-41-28-13-16-30(17-14-28)43(4)5)15-20-33(27)40(35)50-39(36)32(25(26)3)11-9-7-2/h12-24H,3,6-11H2,1-2,4-5H3,(H,44,45,46)(H,47,48,49). The number of rotatable bonds is 12. The molecule has 0 fully saturated rings. The van der Waals surface area contributed by atoms with Crippen molar-refractivity contribution in [2.45, 2.75) is 62.2 Å². The first-order valence-corrected chi connectivity index (χ1v) is 20.0. The summed E-state index contributed by atoms with van der Waals surface area (Å²) < 4.78 is 77.1. The fourth-order valence-corrected chi connectivity index (χ4v) is 7.85. The van der Waals surface area contributed by atoms with Gasteiger partial charge in [0.15, 0.2) is 0 Å². The summed E-state index contributed by atoms with van der Waals surface area (Å²) >= 11 is 0. The number of ether oxygens (including phenoxy) is 1. The van der Waals surface area contributed by atoms with E-state index in [0.29, 0.717) is 45.6 Å². The van der Waals surface area contributed by atoms with Crippen LogP contribution in [0.25, 0.3) is 22.9 Å². The Balaban J connectivity index is 1.62. The van der Waals surface area contributed by atoms with Crippen LogP contribution in [0.3, 0.4) is 0 Å². The van der Waals surface area contributed by atoms with Crippen molar-refractivity contribution in [2.24, 2.45) is 10.2 Å². The van der Waals surface area contributed by atoms with E-state index < -0.39 is 30.0 Å². The second-order valence-corrected chi connectivity index (χ2v) is 15.9. The van der Waals surface area contributed by atoms with E-state index in [2.05, 4.69) is 30.7 Å². The van der Waals surface area contributed by atoms with Gasteiger partial charge in [0.2, 0.25) is 0 Å². The molecule has 0 aliphatic carbocycles. The van der Waals surface area contributed by atoms with Crippen LogP contribution in [-0.2, 0) is 33.1 Å². The highest BCUT2D eigenvalue weighted by Crippen LogP contribution is 2.44. The van der Waals surface area contributed by atoms with Crippen LogP contribution < -0.4 is 20.1 Å². The van der Waals surface area contributed by atoms with Crippen molar-refractivity contribution in [3.63, 3.8) is 0 Å². The molecule has 0 radical (unpaired) electrons. The summed E-state index contributed by atoms with van der Waals surface area (Å²) in [6, 6.07) is 22.1. The van der Waals surface area contributed by atoms with E-state index in [0.717, 1.165) is 77.0 Å². The van der Waals surface area contributed by atoms with Gasteiger partial charge < -0.3 is 9.64 Å². The van der Waals surface area contributed by atoms with Crippen LogP contribution in [0.2, 0.25) is 0 Å². The zero-order valence-corrected chi connectivity index (χ0v) is 31.2. The van der Waals surface area contributed by atoms with Crippen LogP contribution in [0.15, 0.2) is 98.9 Å². The van der Waals surface area contributed by atoms with E-state index in [4.69, 9.17) is 4.74 Å². The molecular weight excluding hydrogens is 699 g/mol. The van der Waals surface area contributed by atoms with Crippen molar-refractivity contribution in [3.05, 3.63) is 112 Å². The number of benzene rings is 5. The molecule has 0 spiro atoms. The molecule has 6 rings (SSSR count). The van der Waals surface area contributed by atoms with Crippen molar-refractivity contribution in [3.8, 4) is 11.5 Å². The summed E-state index contributed by atoms with van der Waals surface area (Å²) in [5.41, 5.74) is 5.30. The summed E-state index contributed by atoms with van der Waals surface area (Å²) in [7, 11) is -5.84. The third kappa shape index (κ3) is 7.38. The SMILES string of the molecule is C=c1c(CCCC)cc2c(c1CCCC)Oc1c(ccc3cc(N=Nc4ccc(N(C)C)cc4)ccc13)C=2c1ccc(S(=O)(=O)O)cc1S(=O)(=O)O. The maximum absolute atomic E-state index is 12.9. The van der Waals surface area contributed by atoms with Crippen LogP contribution in [0.5, 0.6) is 11.5 Å². The van der Waals surface area contributed by atoms with Crippen molar-refractivity contribution >= 4 is 60.2 Å². The molecule has 0 saturated carbocycles. The van der Waals surface area contributed by atoms with Gasteiger partial charge in [-0.3, -0.25) is 9.11 Å². The molecule has 52 heavy (non-hydrogen) atoms. The minimum atomic E-state index is -4.99. The normalized spacial score (nSPS) is 12.9. The highest BCUT2D eigenvalue weighted by Gasteiger charge is 2.30. The van der Waals surface area contributed by atoms with E-state index in [1.54, 1.807) is 0 Å². The number of unbranched alkanes of at least 4 members (excludes halogenated alkanes) is 2. The number of azo groups is 1. The lowest BCUT2D eigenvalue weighted by Crippen LogP contribution is -2.27. The van der Waals surface area contributed by atoms with Crippen molar-refractivity contribution in [1.29, 1.82) is 0 Å². The average molecular weight is 740 g/mol. The van der Waals surface area contributed by atoms with Gasteiger partial charge in [0.1, 0.15) is 16.4 Å². The van der Waals surface area contributed by atoms with Gasteiger partial charge in [-0.2, -0.15) is 27.1 Å². The zero-order chi connectivity index (χ0) is 37.4. The molecule has 5 aromatic rings. The van der Waals surface area contributed by atoms with Gasteiger partial charge in [-0.15, -0.1) is 0 Å². The first-order valence-electron chi connectivity index (χ1n) is 17.1. The third-order valence-electron chi connectivity index (χ3n) is 9.31. The molecule has 1 heterocycles. The molecule has 2 N–H and O–H groups in total. The molecule has 0 atom stereocenters. The summed E-state index contributed by atoms with van der Waals surface area (Å²) in [6.45, 7) is 8.67. The van der Waals surface area contributed by atoms with Crippen molar-refractivity contribution in [1.82, 2.24) is 0 Å². The average Bonchev–Trinajstić information content (AvgIpc) is 3.11. The lowest BCUT2D eigenvalue weighted by Gasteiger charge is -2.26. The maximum Gasteiger partial charge on any atom is 0.295 e. The number of anilines is 1. The predicted molar refractivity (Wildman–Crippen MR) is 205 cm³/mol. The number of hydrogen-bond acceptors (Lipinski definition) is 8. The number of aryl methyl sites for hydroxylation is 1. The topological polar surface area (TPSA) is 146 Å². The van der Waals surface area contributed by atoms with E-state index in [-0.39, 0.29) is 5.56 Å². The first-order chi connectivity index (χ1) is 24.7. The predicted octanol–water partition coefficient (Wildman–Crippen LogP) is 8.26. The minimum Gasteiger partial charge on any atom is -0.455 e.